The first-order valence-electron chi connectivity index (χ1n) is 7.81. The van der Waals surface area contributed by atoms with Crippen LogP contribution >= 0.6 is 22.9 Å². The number of halogens is 1. The van der Waals surface area contributed by atoms with Crippen LogP contribution in [0.2, 0.25) is 5.02 Å². The summed E-state index contributed by atoms with van der Waals surface area (Å²) < 4.78 is 0. The normalized spacial score (nSPS) is 10.3. The molecule has 132 valence electrons. The van der Waals surface area contributed by atoms with Crippen molar-refractivity contribution in [3.8, 4) is 11.3 Å². The highest BCUT2D eigenvalue weighted by molar-refractivity contribution is 7.14. The number of nitrogens with zero attached hydrogens (tertiary/aromatic N) is 2. The van der Waals surface area contributed by atoms with Gasteiger partial charge < -0.3 is 10.6 Å². The van der Waals surface area contributed by atoms with Crippen LogP contribution < -0.4 is 10.6 Å². The second-order valence-electron chi connectivity index (χ2n) is 5.34. The molecule has 0 atom stereocenters. The third-order valence-corrected chi connectivity index (χ3v) is 4.46. The molecule has 1 aromatic carbocycles. The van der Waals surface area contributed by atoms with Crippen molar-refractivity contribution in [3.05, 3.63) is 64.8 Å². The first-order valence-corrected chi connectivity index (χ1v) is 9.07. The summed E-state index contributed by atoms with van der Waals surface area (Å²) in [4.78, 5) is 32.4. The summed E-state index contributed by atoms with van der Waals surface area (Å²) in [5, 5.41) is 8.36. The van der Waals surface area contributed by atoms with E-state index >= 15 is 0 Å². The Morgan fingerprint density at radius 1 is 1.15 bits per heavy atom. The number of amides is 2. The van der Waals surface area contributed by atoms with Crippen molar-refractivity contribution in [2.45, 2.75) is 6.42 Å². The van der Waals surface area contributed by atoms with Crippen LogP contribution in [0.4, 0.5) is 5.13 Å². The molecular formula is C18H15ClN4O2S. The molecule has 0 saturated heterocycles. The van der Waals surface area contributed by atoms with E-state index in [0.717, 1.165) is 11.3 Å². The minimum absolute atomic E-state index is 0.154. The van der Waals surface area contributed by atoms with Crippen molar-refractivity contribution < 1.29 is 9.59 Å². The van der Waals surface area contributed by atoms with Crippen molar-refractivity contribution in [2.24, 2.45) is 0 Å². The zero-order valence-electron chi connectivity index (χ0n) is 13.6. The lowest BCUT2D eigenvalue weighted by Gasteiger charge is -2.05. The molecule has 0 bridgehead atoms. The number of aromatic nitrogens is 2. The SMILES string of the molecule is O=C(CCNC(=O)c1ccc(Cl)cc1)Nc1nc(-c2cccnc2)cs1. The van der Waals surface area contributed by atoms with E-state index in [1.807, 2.05) is 17.5 Å². The van der Waals surface area contributed by atoms with Crippen LogP contribution in [0.1, 0.15) is 16.8 Å². The molecule has 3 rings (SSSR count). The smallest absolute Gasteiger partial charge is 0.251 e. The average molecular weight is 387 g/mol. The predicted molar refractivity (Wildman–Crippen MR) is 102 cm³/mol. The molecule has 3 aromatic rings. The molecule has 2 aromatic heterocycles. The number of carbonyl (C=O) groups is 2. The second kappa shape index (κ2) is 8.55. The highest BCUT2D eigenvalue weighted by Crippen LogP contribution is 2.24. The van der Waals surface area contributed by atoms with Gasteiger partial charge in [-0.2, -0.15) is 0 Å². The second-order valence-corrected chi connectivity index (χ2v) is 6.64. The van der Waals surface area contributed by atoms with Gasteiger partial charge in [-0.05, 0) is 36.4 Å². The Morgan fingerprint density at radius 2 is 1.96 bits per heavy atom. The molecule has 2 amide bonds. The van der Waals surface area contributed by atoms with E-state index in [9.17, 15) is 9.59 Å². The Hall–Kier alpha value is -2.77. The summed E-state index contributed by atoms with van der Waals surface area (Å²) in [7, 11) is 0. The van der Waals surface area contributed by atoms with Gasteiger partial charge in [0, 0.05) is 46.9 Å². The minimum atomic E-state index is -0.248. The van der Waals surface area contributed by atoms with Gasteiger partial charge in [-0.15, -0.1) is 11.3 Å². The molecule has 0 unspecified atom stereocenters. The molecule has 0 aliphatic rings. The van der Waals surface area contributed by atoms with Gasteiger partial charge >= 0.3 is 0 Å². The maximum Gasteiger partial charge on any atom is 0.251 e. The summed E-state index contributed by atoms with van der Waals surface area (Å²) >= 11 is 7.13. The standard InChI is InChI=1S/C18H15ClN4O2S/c19-14-5-3-12(4-6-14)17(25)21-9-7-16(24)23-18-22-15(11-26-18)13-2-1-8-20-10-13/h1-6,8,10-11H,7,9H2,(H,21,25)(H,22,23,24). The maximum absolute atomic E-state index is 12.0. The molecule has 6 nitrogen and oxygen atoms in total. The van der Waals surface area contributed by atoms with Gasteiger partial charge in [-0.1, -0.05) is 11.6 Å². The summed E-state index contributed by atoms with van der Waals surface area (Å²) in [5.74, 6) is -0.462. The van der Waals surface area contributed by atoms with Gasteiger partial charge in [0.15, 0.2) is 5.13 Å². The fraction of sp³-hybridized carbons (Fsp3) is 0.111. The number of rotatable bonds is 6. The molecule has 8 heteroatoms. The van der Waals surface area contributed by atoms with Crippen LogP contribution in [-0.2, 0) is 4.79 Å². The van der Waals surface area contributed by atoms with E-state index in [-0.39, 0.29) is 24.8 Å². The quantitative estimate of drug-likeness (QED) is 0.677. The predicted octanol–water partition coefficient (Wildman–Crippen LogP) is 3.62. The van der Waals surface area contributed by atoms with Crippen LogP contribution in [0.25, 0.3) is 11.3 Å². The summed E-state index contributed by atoms with van der Waals surface area (Å²) in [6.07, 6.45) is 3.56. The Balaban J connectivity index is 1.46. The van der Waals surface area contributed by atoms with Gasteiger partial charge in [0.2, 0.25) is 5.91 Å². The fourth-order valence-electron chi connectivity index (χ4n) is 2.15. The van der Waals surface area contributed by atoms with Gasteiger partial charge in [0.1, 0.15) is 0 Å². The number of hydrogen-bond acceptors (Lipinski definition) is 5. The number of benzene rings is 1. The van der Waals surface area contributed by atoms with E-state index in [4.69, 9.17) is 11.6 Å². The fourth-order valence-corrected chi connectivity index (χ4v) is 3.01. The van der Waals surface area contributed by atoms with Crippen LogP contribution in [0.3, 0.4) is 0 Å². The topological polar surface area (TPSA) is 84.0 Å². The van der Waals surface area contributed by atoms with E-state index in [2.05, 4.69) is 20.6 Å². The van der Waals surface area contributed by atoms with Gasteiger partial charge in [-0.3, -0.25) is 14.6 Å². The molecule has 0 aliphatic heterocycles. The third kappa shape index (κ3) is 4.87. The van der Waals surface area contributed by atoms with E-state index in [1.54, 1.807) is 36.7 Å². The average Bonchev–Trinajstić information content (AvgIpc) is 3.11. The van der Waals surface area contributed by atoms with Crippen LogP contribution in [-0.4, -0.2) is 28.3 Å². The highest BCUT2D eigenvalue weighted by atomic mass is 35.5. The first kappa shape index (κ1) is 18.0. The van der Waals surface area contributed by atoms with E-state index < -0.39 is 0 Å². The molecule has 0 aliphatic carbocycles. The Bertz CT molecular complexity index is 897. The number of anilines is 1. The van der Waals surface area contributed by atoms with Gasteiger partial charge in [0.05, 0.1) is 5.69 Å². The van der Waals surface area contributed by atoms with Crippen LogP contribution in [0.15, 0.2) is 54.2 Å². The molecule has 0 radical (unpaired) electrons. The van der Waals surface area contributed by atoms with Crippen molar-refractivity contribution in [2.75, 3.05) is 11.9 Å². The molecule has 0 fully saturated rings. The minimum Gasteiger partial charge on any atom is -0.352 e. The molecule has 2 heterocycles. The van der Waals surface area contributed by atoms with E-state index in [1.165, 1.54) is 11.3 Å². The lowest BCUT2D eigenvalue weighted by molar-refractivity contribution is -0.116. The Morgan fingerprint density at radius 3 is 2.69 bits per heavy atom. The zero-order valence-corrected chi connectivity index (χ0v) is 15.2. The Labute approximate surface area is 159 Å². The lowest BCUT2D eigenvalue weighted by atomic mass is 10.2. The maximum atomic E-state index is 12.0. The molecule has 0 saturated carbocycles. The van der Waals surface area contributed by atoms with E-state index in [0.29, 0.717) is 15.7 Å². The zero-order chi connectivity index (χ0) is 18.4. The van der Waals surface area contributed by atoms with Gasteiger partial charge in [0.25, 0.3) is 5.91 Å². The number of pyridine rings is 1. The molecular weight excluding hydrogens is 372 g/mol. The molecule has 26 heavy (non-hydrogen) atoms. The number of nitrogens with one attached hydrogen (secondary N) is 2. The highest BCUT2D eigenvalue weighted by Gasteiger charge is 2.09. The number of hydrogen-bond donors (Lipinski definition) is 2. The van der Waals surface area contributed by atoms with Crippen molar-refractivity contribution in [1.29, 1.82) is 0 Å². The molecule has 2 N–H and O–H groups in total. The lowest BCUT2D eigenvalue weighted by Crippen LogP contribution is -2.27. The van der Waals surface area contributed by atoms with Crippen LogP contribution in [0.5, 0.6) is 0 Å². The van der Waals surface area contributed by atoms with Crippen molar-refractivity contribution in [1.82, 2.24) is 15.3 Å². The van der Waals surface area contributed by atoms with Crippen molar-refractivity contribution in [3.63, 3.8) is 0 Å². The summed E-state index contributed by atoms with van der Waals surface area (Å²) in [5.41, 5.74) is 2.14. The molecule has 0 spiro atoms. The number of thiazole rings is 1. The number of carbonyl (C=O) groups excluding carboxylic acids is 2. The van der Waals surface area contributed by atoms with Crippen LogP contribution in [0, 0.1) is 0 Å². The monoisotopic (exact) mass is 386 g/mol. The largest absolute Gasteiger partial charge is 0.352 e. The Kier molecular flexibility index (Phi) is 5.93. The first-order chi connectivity index (χ1) is 12.6. The summed E-state index contributed by atoms with van der Waals surface area (Å²) in [6, 6.07) is 10.3. The summed E-state index contributed by atoms with van der Waals surface area (Å²) in [6.45, 7) is 0.230. The van der Waals surface area contributed by atoms with Gasteiger partial charge in [-0.25, -0.2) is 4.98 Å². The van der Waals surface area contributed by atoms with Crippen molar-refractivity contribution >= 4 is 39.9 Å². The third-order valence-electron chi connectivity index (χ3n) is 3.45.